The van der Waals surface area contributed by atoms with Crippen LogP contribution >= 0.6 is 11.3 Å². The van der Waals surface area contributed by atoms with Crippen molar-refractivity contribution in [2.75, 3.05) is 11.1 Å². The van der Waals surface area contributed by atoms with Gasteiger partial charge in [0.1, 0.15) is 11.0 Å². The van der Waals surface area contributed by atoms with Gasteiger partial charge < -0.3 is 0 Å². The predicted molar refractivity (Wildman–Crippen MR) is 132 cm³/mol. The number of unbranched alkanes of at least 4 members (excludes halogenated alkanes) is 5. The SMILES string of the molecule is CCCCCCCCS(=O)(=O)NC(C(=O)Nc1nnc(-c2cccc(C)c2)s1)C(C)CC. The minimum atomic E-state index is -3.55. The maximum absolute atomic E-state index is 12.9. The standard InChI is InChI=1S/C23H36N4O3S2/c1-5-7-8-9-10-11-15-32(29,30)27-20(18(4)6-2)21(28)24-23-26-25-22(31-23)19-14-12-13-17(3)16-19/h12-14,16,18,20,27H,5-11,15H2,1-4H3,(H,24,26,28). The highest BCUT2D eigenvalue weighted by Gasteiger charge is 2.29. The zero-order chi connectivity index (χ0) is 23.6. The topological polar surface area (TPSA) is 101 Å². The van der Waals surface area contributed by atoms with Crippen LogP contribution in [0.5, 0.6) is 0 Å². The Morgan fingerprint density at radius 1 is 1.09 bits per heavy atom. The molecule has 0 aliphatic heterocycles. The number of aromatic nitrogens is 2. The van der Waals surface area contributed by atoms with Crippen molar-refractivity contribution in [3.8, 4) is 10.6 Å². The fourth-order valence-corrected chi connectivity index (χ4v) is 5.51. The normalized spacial score (nSPS) is 13.6. The van der Waals surface area contributed by atoms with Crippen molar-refractivity contribution >= 4 is 32.4 Å². The van der Waals surface area contributed by atoms with Crippen molar-refractivity contribution in [3.05, 3.63) is 29.8 Å². The van der Waals surface area contributed by atoms with E-state index in [0.717, 1.165) is 36.8 Å². The molecule has 0 saturated heterocycles. The van der Waals surface area contributed by atoms with E-state index in [9.17, 15) is 13.2 Å². The molecule has 1 heterocycles. The molecule has 0 fully saturated rings. The van der Waals surface area contributed by atoms with Gasteiger partial charge in [0.2, 0.25) is 21.1 Å². The molecule has 32 heavy (non-hydrogen) atoms. The minimum Gasteiger partial charge on any atom is -0.299 e. The molecule has 1 amide bonds. The van der Waals surface area contributed by atoms with Gasteiger partial charge in [0.15, 0.2) is 0 Å². The second kappa shape index (κ2) is 13.0. The smallest absolute Gasteiger partial charge is 0.244 e. The van der Waals surface area contributed by atoms with E-state index in [2.05, 4.69) is 27.2 Å². The van der Waals surface area contributed by atoms with Gasteiger partial charge in [0.25, 0.3) is 0 Å². The summed E-state index contributed by atoms with van der Waals surface area (Å²) in [5.74, 6) is -0.522. The number of anilines is 1. The van der Waals surface area contributed by atoms with E-state index < -0.39 is 22.0 Å². The number of hydrogen-bond acceptors (Lipinski definition) is 6. The van der Waals surface area contributed by atoms with Crippen LogP contribution in [0.25, 0.3) is 10.6 Å². The number of carbonyl (C=O) groups is 1. The van der Waals surface area contributed by atoms with Crippen LogP contribution in [0.4, 0.5) is 5.13 Å². The Kier molecular flexibility index (Phi) is 10.7. The second-order valence-electron chi connectivity index (χ2n) is 8.34. The average molecular weight is 481 g/mol. The fourth-order valence-electron chi connectivity index (χ4n) is 3.34. The first-order chi connectivity index (χ1) is 15.3. The van der Waals surface area contributed by atoms with Crippen LogP contribution in [-0.2, 0) is 14.8 Å². The molecule has 0 aliphatic carbocycles. The zero-order valence-corrected chi connectivity index (χ0v) is 21.2. The van der Waals surface area contributed by atoms with Crippen molar-refractivity contribution in [2.45, 2.75) is 78.7 Å². The van der Waals surface area contributed by atoms with Gasteiger partial charge in [-0.3, -0.25) is 10.1 Å². The summed E-state index contributed by atoms with van der Waals surface area (Å²) in [5, 5.41) is 12.0. The molecule has 2 rings (SSSR count). The second-order valence-corrected chi connectivity index (χ2v) is 11.2. The lowest BCUT2D eigenvalue weighted by molar-refractivity contribution is -0.118. The van der Waals surface area contributed by atoms with E-state index in [1.165, 1.54) is 17.8 Å². The number of hydrogen-bond donors (Lipinski definition) is 2. The average Bonchev–Trinajstić information content (AvgIpc) is 3.22. The van der Waals surface area contributed by atoms with Gasteiger partial charge in [-0.2, -0.15) is 0 Å². The van der Waals surface area contributed by atoms with E-state index in [1.54, 1.807) is 0 Å². The Bertz CT molecular complexity index is 960. The van der Waals surface area contributed by atoms with E-state index in [4.69, 9.17) is 0 Å². The molecule has 1 aromatic heterocycles. The van der Waals surface area contributed by atoms with Gasteiger partial charge in [0, 0.05) is 5.56 Å². The Morgan fingerprint density at radius 2 is 1.81 bits per heavy atom. The van der Waals surface area contributed by atoms with Crippen LogP contribution < -0.4 is 10.0 Å². The van der Waals surface area contributed by atoms with Crippen molar-refractivity contribution < 1.29 is 13.2 Å². The minimum absolute atomic E-state index is 0.0374. The lowest BCUT2D eigenvalue weighted by Gasteiger charge is -2.22. The highest BCUT2D eigenvalue weighted by Crippen LogP contribution is 2.27. The predicted octanol–water partition coefficient (Wildman–Crippen LogP) is 5.15. The number of carbonyl (C=O) groups excluding carboxylic acids is 1. The Labute approximate surface area is 196 Å². The van der Waals surface area contributed by atoms with Gasteiger partial charge in [-0.05, 0) is 25.3 Å². The number of amides is 1. The molecule has 2 N–H and O–H groups in total. The number of rotatable bonds is 14. The fraction of sp³-hybridized carbons (Fsp3) is 0.609. The monoisotopic (exact) mass is 480 g/mol. The molecule has 0 bridgehead atoms. The molecule has 0 saturated carbocycles. The largest absolute Gasteiger partial charge is 0.299 e. The number of benzene rings is 1. The van der Waals surface area contributed by atoms with Gasteiger partial charge in [0.05, 0.1) is 5.75 Å². The Balaban J connectivity index is 1.99. The molecule has 0 aliphatic rings. The summed E-state index contributed by atoms with van der Waals surface area (Å²) < 4.78 is 27.9. The van der Waals surface area contributed by atoms with Crippen LogP contribution in [0.15, 0.2) is 24.3 Å². The third-order valence-corrected chi connectivity index (χ3v) is 7.82. The molecule has 2 aromatic rings. The number of aryl methyl sites for hydroxylation is 1. The van der Waals surface area contributed by atoms with Gasteiger partial charge in [-0.1, -0.05) is 94.4 Å². The quantitative estimate of drug-likeness (QED) is 0.364. The maximum atomic E-state index is 12.9. The van der Waals surface area contributed by atoms with E-state index >= 15 is 0 Å². The number of nitrogens with one attached hydrogen (secondary N) is 2. The summed E-state index contributed by atoms with van der Waals surface area (Å²) in [6.45, 7) is 7.96. The summed E-state index contributed by atoms with van der Waals surface area (Å²) in [5.41, 5.74) is 2.04. The van der Waals surface area contributed by atoms with Crippen molar-refractivity contribution in [3.63, 3.8) is 0 Å². The summed E-state index contributed by atoms with van der Waals surface area (Å²) in [4.78, 5) is 12.9. The molecule has 9 heteroatoms. The highest BCUT2D eigenvalue weighted by molar-refractivity contribution is 7.89. The van der Waals surface area contributed by atoms with E-state index in [1.807, 2.05) is 45.0 Å². The maximum Gasteiger partial charge on any atom is 0.244 e. The van der Waals surface area contributed by atoms with Crippen LogP contribution in [-0.4, -0.2) is 36.3 Å². The molecule has 0 radical (unpaired) electrons. The molecular formula is C23H36N4O3S2. The number of nitrogens with zero attached hydrogens (tertiary/aromatic N) is 2. The molecule has 7 nitrogen and oxygen atoms in total. The molecular weight excluding hydrogens is 444 g/mol. The van der Waals surface area contributed by atoms with Crippen molar-refractivity contribution in [1.82, 2.24) is 14.9 Å². The van der Waals surface area contributed by atoms with Gasteiger partial charge in [-0.25, -0.2) is 13.1 Å². The molecule has 1 aromatic carbocycles. The molecule has 2 unspecified atom stereocenters. The summed E-state index contributed by atoms with van der Waals surface area (Å²) in [6.07, 6.45) is 6.67. The molecule has 0 spiro atoms. The molecule has 178 valence electrons. The third-order valence-electron chi connectivity index (χ3n) is 5.49. The summed E-state index contributed by atoms with van der Waals surface area (Å²) in [7, 11) is -3.55. The van der Waals surface area contributed by atoms with Crippen LogP contribution in [0, 0.1) is 12.8 Å². The van der Waals surface area contributed by atoms with Crippen LogP contribution in [0.1, 0.15) is 71.3 Å². The lowest BCUT2D eigenvalue weighted by Crippen LogP contribution is -2.48. The third kappa shape index (κ3) is 8.60. The molecule has 2 atom stereocenters. The van der Waals surface area contributed by atoms with E-state index in [0.29, 0.717) is 23.0 Å². The summed E-state index contributed by atoms with van der Waals surface area (Å²) >= 11 is 1.27. The first-order valence-electron chi connectivity index (χ1n) is 11.5. The van der Waals surface area contributed by atoms with Crippen molar-refractivity contribution in [1.29, 1.82) is 0 Å². The Morgan fingerprint density at radius 3 is 2.50 bits per heavy atom. The summed E-state index contributed by atoms with van der Waals surface area (Å²) in [6, 6.07) is 7.04. The van der Waals surface area contributed by atoms with Gasteiger partial charge in [-0.15, -0.1) is 10.2 Å². The van der Waals surface area contributed by atoms with Crippen LogP contribution in [0.2, 0.25) is 0 Å². The van der Waals surface area contributed by atoms with Crippen molar-refractivity contribution in [2.24, 2.45) is 5.92 Å². The Hall–Kier alpha value is -1.84. The van der Waals surface area contributed by atoms with E-state index in [-0.39, 0.29) is 11.7 Å². The first kappa shape index (κ1) is 26.4. The van der Waals surface area contributed by atoms with Crippen LogP contribution in [0.3, 0.4) is 0 Å². The zero-order valence-electron chi connectivity index (χ0n) is 19.6. The van der Waals surface area contributed by atoms with Gasteiger partial charge >= 0.3 is 0 Å². The number of sulfonamides is 1. The highest BCUT2D eigenvalue weighted by atomic mass is 32.2. The first-order valence-corrected chi connectivity index (χ1v) is 13.9. The lowest BCUT2D eigenvalue weighted by atomic mass is 9.99.